The molecule has 2 aromatic rings. The summed E-state index contributed by atoms with van der Waals surface area (Å²) in [6, 6.07) is 13.1. The molecule has 0 saturated carbocycles. The topological polar surface area (TPSA) is 67.5 Å². The van der Waals surface area contributed by atoms with Crippen molar-refractivity contribution in [1.82, 2.24) is 0 Å². The minimum Gasteiger partial charge on any atom is -0.508 e. The molecule has 0 amide bonds. The van der Waals surface area contributed by atoms with Gasteiger partial charge in [0.2, 0.25) is 0 Å². The molecule has 2 aromatic carbocycles. The van der Waals surface area contributed by atoms with Crippen LogP contribution < -0.4 is 15.8 Å². The van der Waals surface area contributed by atoms with Crippen LogP contribution in [0.25, 0.3) is 0 Å². The molecule has 0 aliphatic rings. The van der Waals surface area contributed by atoms with Crippen molar-refractivity contribution in [1.29, 1.82) is 0 Å². The van der Waals surface area contributed by atoms with Crippen LogP contribution >= 0.6 is 0 Å². The summed E-state index contributed by atoms with van der Waals surface area (Å²) in [5, 5.41) is 12.7. The zero-order chi connectivity index (χ0) is 15.1. The standard InChI is InChI=1S/C17H22N2O2/c1-2-21-17-9-8-13(11-16(17)18)5-4-10-19-14-6-3-7-15(20)12-14/h3,6-9,11-12,19-20H,2,4-5,10,18H2,1H3. The number of aromatic hydroxyl groups is 1. The molecule has 0 aromatic heterocycles. The minimum atomic E-state index is 0.277. The fraction of sp³-hybridized carbons (Fsp3) is 0.294. The molecular weight excluding hydrogens is 264 g/mol. The number of nitrogens with two attached hydrogens (primary N) is 1. The lowest BCUT2D eigenvalue weighted by molar-refractivity contribution is 0.342. The Labute approximate surface area is 125 Å². The van der Waals surface area contributed by atoms with Gasteiger partial charge in [-0.3, -0.25) is 0 Å². The second kappa shape index (κ2) is 7.43. The second-order valence-electron chi connectivity index (χ2n) is 4.89. The predicted octanol–water partition coefficient (Wildman–Crippen LogP) is 3.42. The Balaban J connectivity index is 1.79. The molecule has 0 radical (unpaired) electrons. The van der Waals surface area contributed by atoms with Crippen molar-refractivity contribution >= 4 is 11.4 Å². The van der Waals surface area contributed by atoms with Gasteiger partial charge in [-0.05, 0) is 49.6 Å². The molecule has 4 heteroatoms. The number of hydrogen-bond donors (Lipinski definition) is 3. The predicted molar refractivity (Wildman–Crippen MR) is 86.9 cm³/mol. The Bertz CT molecular complexity index is 585. The number of aryl methyl sites for hydroxylation is 1. The molecule has 4 nitrogen and oxygen atoms in total. The molecule has 0 aliphatic heterocycles. The molecule has 21 heavy (non-hydrogen) atoms. The summed E-state index contributed by atoms with van der Waals surface area (Å²) < 4.78 is 5.43. The van der Waals surface area contributed by atoms with Crippen molar-refractivity contribution < 1.29 is 9.84 Å². The maximum atomic E-state index is 9.38. The van der Waals surface area contributed by atoms with Gasteiger partial charge in [0.05, 0.1) is 12.3 Å². The maximum absolute atomic E-state index is 9.38. The van der Waals surface area contributed by atoms with Gasteiger partial charge < -0.3 is 20.9 Å². The van der Waals surface area contributed by atoms with E-state index >= 15 is 0 Å². The van der Waals surface area contributed by atoms with Gasteiger partial charge in [0.1, 0.15) is 11.5 Å². The summed E-state index contributed by atoms with van der Waals surface area (Å²) in [5.41, 5.74) is 8.78. The summed E-state index contributed by atoms with van der Waals surface area (Å²) in [6.45, 7) is 3.41. The van der Waals surface area contributed by atoms with E-state index in [0.717, 1.165) is 30.8 Å². The van der Waals surface area contributed by atoms with Crippen molar-refractivity contribution in [2.45, 2.75) is 19.8 Å². The molecule has 0 aliphatic carbocycles. The average molecular weight is 286 g/mol. The smallest absolute Gasteiger partial charge is 0.142 e. The van der Waals surface area contributed by atoms with Crippen LogP contribution in [-0.4, -0.2) is 18.3 Å². The minimum absolute atomic E-state index is 0.277. The lowest BCUT2D eigenvalue weighted by Crippen LogP contribution is -2.03. The third-order valence-corrected chi connectivity index (χ3v) is 3.19. The van der Waals surface area contributed by atoms with Gasteiger partial charge in [-0.15, -0.1) is 0 Å². The van der Waals surface area contributed by atoms with Gasteiger partial charge in [-0.25, -0.2) is 0 Å². The molecule has 0 fully saturated rings. The van der Waals surface area contributed by atoms with Crippen LogP contribution in [0, 0.1) is 0 Å². The summed E-state index contributed by atoms with van der Waals surface area (Å²) >= 11 is 0. The molecule has 4 N–H and O–H groups in total. The first-order valence-electron chi connectivity index (χ1n) is 7.23. The first-order chi connectivity index (χ1) is 10.2. The highest BCUT2D eigenvalue weighted by Crippen LogP contribution is 2.23. The molecule has 0 spiro atoms. The Hall–Kier alpha value is -2.36. The fourth-order valence-electron chi connectivity index (χ4n) is 2.18. The molecule has 0 heterocycles. The van der Waals surface area contributed by atoms with E-state index in [-0.39, 0.29) is 5.75 Å². The van der Waals surface area contributed by atoms with Gasteiger partial charge in [-0.1, -0.05) is 12.1 Å². The number of nitrogens with one attached hydrogen (secondary N) is 1. The Kier molecular flexibility index (Phi) is 5.32. The Morgan fingerprint density at radius 1 is 1.19 bits per heavy atom. The van der Waals surface area contributed by atoms with E-state index in [1.54, 1.807) is 12.1 Å². The molecule has 0 unspecified atom stereocenters. The van der Waals surface area contributed by atoms with E-state index in [2.05, 4.69) is 11.4 Å². The average Bonchev–Trinajstić information content (AvgIpc) is 2.47. The Morgan fingerprint density at radius 3 is 2.76 bits per heavy atom. The van der Waals surface area contributed by atoms with E-state index < -0.39 is 0 Å². The van der Waals surface area contributed by atoms with E-state index in [1.807, 2.05) is 31.2 Å². The summed E-state index contributed by atoms with van der Waals surface area (Å²) in [4.78, 5) is 0. The largest absolute Gasteiger partial charge is 0.508 e. The number of benzene rings is 2. The fourth-order valence-corrected chi connectivity index (χ4v) is 2.18. The van der Waals surface area contributed by atoms with Gasteiger partial charge in [-0.2, -0.15) is 0 Å². The second-order valence-corrected chi connectivity index (χ2v) is 4.89. The van der Waals surface area contributed by atoms with Crippen molar-refractivity contribution in [3.05, 3.63) is 48.0 Å². The molecular formula is C17H22N2O2. The van der Waals surface area contributed by atoms with Crippen molar-refractivity contribution in [2.75, 3.05) is 24.2 Å². The highest BCUT2D eigenvalue weighted by atomic mass is 16.5. The van der Waals surface area contributed by atoms with E-state index in [9.17, 15) is 5.11 Å². The summed E-state index contributed by atoms with van der Waals surface area (Å²) in [7, 11) is 0. The van der Waals surface area contributed by atoms with Crippen LogP contribution in [0.5, 0.6) is 11.5 Å². The Morgan fingerprint density at radius 2 is 2.05 bits per heavy atom. The summed E-state index contributed by atoms with van der Waals surface area (Å²) in [5.74, 6) is 1.03. The van der Waals surface area contributed by atoms with Gasteiger partial charge in [0, 0.05) is 18.3 Å². The monoisotopic (exact) mass is 286 g/mol. The zero-order valence-electron chi connectivity index (χ0n) is 12.3. The first kappa shape index (κ1) is 15.0. The van der Waals surface area contributed by atoms with E-state index in [4.69, 9.17) is 10.5 Å². The molecule has 0 bridgehead atoms. The van der Waals surface area contributed by atoms with E-state index in [1.165, 1.54) is 5.56 Å². The molecule has 0 atom stereocenters. The van der Waals surface area contributed by atoms with Crippen LogP contribution in [0.2, 0.25) is 0 Å². The first-order valence-corrected chi connectivity index (χ1v) is 7.23. The quantitative estimate of drug-likeness (QED) is 0.539. The van der Waals surface area contributed by atoms with Crippen LogP contribution in [0.4, 0.5) is 11.4 Å². The third kappa shape index (κ3) is 4.60. The maximum Gasteiger partial charge on any atom is 0.142 e. The van der Waals surface area contributed by atoms with Gasteiger partial charge in [0.15, 0.2) is 0 Å². The normalized spacial score (nSPS) is 10.3. The highest BCUT2D eigenvalue weighted by Gasteiger charge is 2.01. The van der Waals surface area contributed by atoms with Crippen molar-refractivity contribution in [3.8, 4) is 11.5 Å². The molecule has 0 saturated heterocycles. The number of nitrogen functional groups attached to an aromatic ring is 1. The number of rotatable bonds is 7. The van der Waals surface area contributed by atoms with Crippen molar-refractivity contribution in [3.63, 3.8) is 0 Å². The SMILES string of the molecule is CCOc1ccc(CCCNc2cccc(O)c2)cc1N. The van der Waals surface area contributed by atoms with Crippen LogP contribution in [-0.2, 0) is 6.42 Å². The zero-order valence-corrected chi connectivity index (χ0v) is 12.3. The van der Waals surface area contributed by atoms with Crippen LogP contribution in [0.15, 0.2) is 42.5 Å². The van der Waals surface area contributed by atoms with Crippen LogP contribution in [0.1, 0.15) is 18.9 Å². The third-order valence-electron chi connectivity index (χ3n) is 3.19. The van der Waals surface area contributed by atoms with Crippen molar-refractivity contribution in [2.24, 2.45) is 0 Å². The number of hydrogen-bond acceptors (Lipinski definition) is 4. The number of phenolic OH excluding ortho intramolecular Hbond substituents is 1. The number of ether oxygens (including phenoxy) is 1. The lowest BCUT2D eigenvalue weighted by atomic mass is 10.1. The van der Waals surface area contributed by atoms with Gasteiger partial charge in [0.25, 0.3) is 0 Å². The van der Waals surface area contributed by atoms with Gasteiger partial charge >= 0.3 is 0 Å². The molecule has 2 rings (SSSR count). The number of anilines is 2. The van der Waals surface area contributed by atoms with Crippen LogP contribution in [0.3, 0.4) is 0 Å². The van der Waals surface area contributed by atoms with E-state index in [0.29, 0.717) is 12.3 Å². The molecule has 112 valence electrons. The highest BCUT2D eigenvalue weighted by molar-refractivity contribution is 5.54. The lowest BCUT2D eigenvalue weighted by Gasteiger charge is -2.10. The summed E-state index contributed by atoms with van der Waals surface area (Å²) in [6.07, 6.45) is 1.94. The number of phenols is 1.